The first-order chi connectivity index (χ1) is 10.3. The third kappa shape index (κ3) is 2.84. The zero-order chi connectivity index (χ0) is 15.9. The summed E-state index contributed by atoms with van der Waals surface area (Å²) in [6.07, 6.45) is 0.510. The Morgan fingerprint density at radius 1 is 1.41 bits per heavy atom. The van der Waals surface area contributed by atoms with Gasteiger partial charge in [0, 0.05) is 19.2 Å². The molecule has 1 amide bonds. The van der Waals surface area contributed by atoms with Gasteiger partial charge in [0.2, 0.25) is 0 Å². The fraction of sp³-hybridized carbons (Fsp3) is 0.533. The van der Waals surface area contributed by atoms with E-state index in [1.54, 1.807) is 23.1 Å². The molecule has 1 unspecified atom stereocenters. The topological polar surface area (TPSA) is 80.5 Å². The quantitative estimate of drug-likeness (QED) is 0.874. The first-order valence-electron chi connectivity index (χ1n) is 7.35. The highest BCUT2D eigenvalue weighted by Gasteiger charge is 2.31. The lowest BCUT2D eigenvalue weighted by atomic mass is 10.2. The van der Waals surface area contributed by atoms with Gasteiger partial charge in [0.15, 0.2) is 0 Å². The van der Waals surface area contributed by atoms with E-state index < -0.39 is 5.60 Å². The van der Waals surface area contributed by atoms with Crippen molar-refractivity contribution in [3.05, 3.63) is 18.2 Å². The predicted molar refractivity (Wildman–Crippen MR) is 80.7 cm³/mol. The van der Waals surface area contributed by atoms with Crippen molar-refractivity contribution >= 4 is 17.1 Å². The second kappa shape index (κ2) is 5.15. The molecule has 0 saturated carbocycles. The van der Waals surface area contributed by atoms with Gasteiger partial charge < -0.3 is 14.7 Å². The Bertz CT molecular complexity index is 704. The summed E-state index contributed by atoms with van der Waals surface area (Å²) in [5.41, 5.74) is 1.01. The highest BCUT2D eigenvalue weighted by Crippen LogP contribution is 2.27. The molecule has 0 bridgehead atoms. The van der Waals surface area contributed by atoms with E-state index in [1.165, 1.54) is 0 Å². The molecule has 1 N–H and O–H groups in total. The molecule has 0 aliphatic carbocycles. The summed E-state index contributed by atoms with van der Waals surface area (Å²) in [5, 5.41) is 17.7. The number of aromatic nitrogens is 3. The van der Waals surface area contributed by atoms with E-state index in [9.17, 15) is 9.90 Å². The Balaban J connectivity index is 1.76. The Kier molecular flexibility index (Phi) is 3.42. The number of aromatic hydroxyl groups is 1. The van der Waals surface area contributed by atoms with Gasteiger partial charge in [-0.1, -0.05) is 5.21 Å². The number of hydrogen-bond acceptors (Lipinski definition) is 5. The van der Waals surface area contributed by atoms with Gasteiger partial charge in [0.05, 0.1) is 11.6 Å². The third-order valence-corrected chi connectivity index (χ3v) is 3.62. The van der Waals surface area contributed by atoms with E-state index in [-0.39, 0.29) is 17.9 Å². The van der Waals surface area contributed by atoms with E-state index >= 15 is 0 Å². The van der Waals surface area contributed by atoms with Crippen molar-refractivity contribution in [2.75, 3.05) is 13.1 Å². The maximum absolute atomic E-state index is 12.1. The number of hydrogen-bond donors (Lipinski definition) is 1. The second-order valence-corrected chi connectivity index (χ2v) is 6.58. The summed E-state index contributed by atoms with van der Waals surface area (Å²) >= 11 is 0. The highest BCUT2D eigenvalue weighted by molar-refractivity contribution is 5.76. The number of rotatable bonds is 1. The normalized spacial score (nSPS) is 18.9. The molecule has 2 aromatic rings. The lowest BCUT2D eigenvalue weighted by Crippen LogP contribution is -2.35. The average molecular weight is 304 g/mol. The summed E-state index contributed by atoms with van der Waals surface area (Å²) in [4.78, 5) is 13.8. The van der Waals surface area contributed by atoms with Crippen molar-refractivity contribution in [2.45, 2.75) is 38.8 Å². The van der Waals surface area contributed by atoms with Crippen molar-refractivity contribution in [3.8, 4) is 5.75 Å². The van der Waals surface area contributed by atoms with Crippen molar-refractivity contribution < 1.29 is 14.6 Å². The van der Waals surface area contributed by atoms with Crippen LogP contribution in [0.15, 0.2) is 18.2 Å². The van der Waals surface area contributed by atoms with E-state index in [4.69, 9.17) is 4.74 Å². The van der Waals surface area contributed by atoms with E-state index in [2.05, 4.69) is 10.3 Å². The summed E-state index contributed by atoms with van der Waals surface area (Å²) < 4.78 is 7.22. The summed E-state index contributed by atoms with van der Waals surface area (Å²) in [5.74, 6) is 0.168. The number of fused-ring (bicyclic) bond motifs is 1. The molecule has 22 heavy (non-hydrogen) atoms. The lowest BCUT2D eigenvalue weighted by Gasteiger charge is -2.24. The number of benzene rings is 1. The maximum atomic E-state index is 12.1. The van der Waals surface area contributed by atoms with Gasteiger partial charge in [-0.15, -0.1) is 5.10 Å². The molecule has 0 spiro atoms. The molecule has 0 radical (unpaired) electrons. The van der Waals surface area contributed by atoms with Crippen LogP contribution in [-0.4, -0.2) is 49.8 Å². The Hall–Kier alpha value is -2.31. The van der Waals surface area contributed by atoms with Crippen LogP contribution in [-0.2, 0) is 4.74 Å². The SMILES string of the molecule is CC(C)(C)OC(=O)N1CCC(n2nnc3cc(O)ccc32)C1. The summed E-state index contributed by atoms with van der Waals surface area (Å²) in [7, 11) is 0. The van der Waals surface area contributed by atoms with Gasteiger partial charge in [-0.05, 0) is 39.3 Å². The molecular weight excluding hydrogens is 284 g/mol. The fourth-order valence-electron chi connectivity index (χ4n) is 2.63. The predicted octanol–water partition coefficient (Wildman–Crippen LogP) is 2.32. The molecule has 3 rings (SSSR count). The molecular formula is C15H20N4O3. The molecule has 1 aliphatic rings. The minimum absolute atomic E-state index is 0.0714. The fourth-order valence-corrected chi connectivity index (χ4v) is 2.63. The van der Waals surface area contributed by atoms with E-state index in [0.717, 1.165) is 11.9 Å². The minimum Gasteiger partial charge on any atom is -0.508 e. The second-order valence-electron chi connectivity index (χ2n) is 6.58. The maximum Gasteiger partial charge on any atom is 0.410 e. The van der Waals surface area contributed by atoms with Crippen LogP contribution < -0.4 is 0 Å². The molecule has 1 aromatic carbocycles. The number of phenols is 1. The van der Waals surface area contributed by atoms with Crippen LogP contribution in [0, 0.1) is 0 Å². The molecule has 1 aliphatic heterocycles. The van der Waals surface area contributed by atoms with Crippen LogP contribution in [0.2, 0.25) is 0 Å². The van der Waals surface area contributed by atoms with Gasteiger partial charge in [-0.2, -0.15) is 0 Å². The largest absolute Gasteiger partial charge is 0.508 e. The van der Waals surface area contributed by atoms with Gasteiger partial charge in [-0.3, -0.25) is 0 Å². The summed E-state index contributed by atoms with van der Waals surface area (Å²) in [6.45, 7) is 6.76. The van der Waals surface area contributed by atoms with Crippen LogP contribution in [0.1, 0.15) is 33.2 Å². The first-order valence-corrected chi connectivity index (χ1v) is 7.35. The number of nitrogens with zero attached hydrogens (tertiary/aromatic N) is 4. The average Bonchev–Trinajstić information content (AvgIpc) is 3.01. The van der Waals surface area contributed by atoms with Crippen LogP contribution in [0.4, 0.5) is 4.79 Å². The number of amides is 1. The Morgan fingerprint density at radius 3 is 2.91 bits per heavy atom. The van der Waals surface area contributed by atoms with Gasteiger partial charge in [0.1, 0.15) is 16.9 Å². The molecule has 1 atom stereocenters. The van der Waals surface area contributed by atoms with Gasteiger partial charge >= 0.3 is 6.09 Å². The van der Waals surface area contributed by atoms with E-state index in [0.29, 0.717) is 18.6 Å². The molecule has 1 fully saturated rings. The van der Waals surface area contributed by atoms with Crippen molar-refractivity contribution in [3.63, 3.8) is 0 Å². The van der Waals surface area contributed by atoms with Crippen molar-refractivity contribution in [1.82, 2.24) is 19.9 Å². The summed E-state index contributed by atoms with van der Waals surface area (Å²) in [6, 6.07) is 5.06. The minimum atomic E-state index is -0.493. The van der Waals surface area contributed by atoms with Crippen molar-refractivity contribution in [2.24, 2.45) is 0 Å². The Morgan fingerprint density at radius 2 is 2.18 bits per heavy atom. The highest BCUT2D eigenvalue weighted by atomic mass is 16.6. The third-order valence-electron chi connectivity index (χ3n) is 3.62. The van der Waals surface area contributed by atoms with Crippen molar-refractivity contribution in [1.29, 1.82) is 0 Å². The molecule has 7 nitrogen and oxygen atoms in total. The number of carbonyl (C=O) groups is 1. The lowest BCUT2D eigenvalue weighted by molar-refractivity contribution is 0.0288. The zero-order valence-electron chi connectivity index (χ0n) is 13.0. The Labute approximate surface area is 128 Å². The monoisotopic (exact) mass is 304 g/mol. The van der Waals surface area contributed by atoms with Crippen LogP contribution >= 0.6 is 0 Å². The van der Waals surface area contributed by atoms with E-state index in [1.807, 2.05) is 25.5 Å². The van der Waals surface area contributed by atoms with Crippen LogP contribution in [0.25, 0.3) is 11.0 Å². The van der Waals surface area contributed by atoms with Crippen LogP contribution in [0.5, 0.6) is 5.75 Å². The van der Waals surface area contributed by atoms with Crippen LogP contribution in [0.3, 0.4) is 0 Å². The standard InChI is InChI=1S/C15H20N4O3/c1-15(2,3)22-14(21)18-7-6-10(9-18)19-13-5-4-11(20)8-12(13)16-17-19/h4-5,8,10,20H,6-7,9H2,1-3H3. The molecule has 7 heteroatoms. The number of likely N-dealkylation sites (tertiary alicyclic amines) is 1. The van der Waals surface area contributed by atoms with Gasteiger partial charge in [0.25, 0.3) is 0 Å². The smallest absolute Gasteiger partial charge is 0.410 e. The molecule has 2 heterocycles. The molecule has 1 saturated heterocycles. The first kappa shape index (κ1) is 14.6. The van der Waals surface area contributed by atoms with Gasteiger partial charge in [-0.25, -0.2) is 9.48 Å². The number of carbonyl (C=O) groups excluding carboxylic acids is 1. The molecule has 118 valence electrons. The number of ether oxygens (including phenoxy) is 1. The molecule has 1 aromatic heterocycles. The zero-order valence-corrected chi connectivity index (χ0v) is 13.0. The number of phenolic OH excluding ortho intramolecular Hbond substituents is 1.